The summed E-state index contributed by atoms with van der Waals surface area (Å²) >= 11 is 4.13. The van der Waals surface area contributed by atoms with Gasteiger partial charge in [0.25, 0.3) is 5.91 Å². The van der Waals surface area contributed by atoms with Crippen molar-refractivity contribution < 1.29 is 4.79 Å². The SMILES string of the molecule is CCC=NC/C=C\C(C)/C=C/C=C(\S)C(=O)NCC. The Kier molecular flexibility index (Phi) is 11.0. The number of hydrogen-bond acceptors (Lipinski definition) is 3. The van der Waals surface area contributed by atoms with Gasteiger partial charge in [-0.25, -0.2) is 0 Å². The first kappa shape index (κ1) is 17.7. The van der Waals surface area contributed by atoms with Crippen LogP contribution in [0.4, 0.5) is 0 Å². The van der Waals surface area contributed by atoms with Gasteiger partial charge in [0, 0.05) is 6.54 Å². The van der Waals surface area contributed by atoms with Crippen molar-refractivity contribution in [3.63, 3.8) is 0 Å². The summed E-state index contributed by atoms with van der Waals surface area (Å²) in [6, 6.07) is 0. The first-order valence-corrected chi connectivity index (χ1v) is 7.07. The average Bonchev–Trinajstić information content (AvgIpc) is 2.38. The Hall–Kier alpha value is -1.29. The van der Waals surface area contributed by atoms with Gasteiger partial charge in [-0.3, -0.25) is 9.79 Å². The fourth-order valence-electron chi connectivity index (χ4n) is 1.25. The lowest BCUT2D eigenvalue weighted by atomic mass is 10.1. The van der Waals surface area contributed by atoms with Crippen LogP contribution in [0.25, 0.3) is 0 Å². The van der Waals surface area contributed by atoms with E-state index < -0.39 is 0 Å². The molecule has 1 N–H and O–H groups in total. The fraction of sp³-hybridized carbons (Fsp3) is 0.467. The number of thiol groups is 1. The molecule has 0 aliphatic carbocycles. The zero-order valence-corrected chi connectivity index (χ0v) is 12.9. The Labute approximate surface area is 122 Å². The zero-order chi connectivity index (χ0) is 14.5. The molecule has 19 heavy (non-hydrogen) atoms. The molecule has 0 saturated heterocycles. The maximum absolute atomic E-state index is 11.4. The van der Waals surface area contributed by atoms with Crippen LogP contribution in [-0.4, -0.2) is 25.2 Å². The highest BCUT2D eigenvalue weighted by molar-refractivity contribution is 7.85. The molecule has 1 atom stereocenters. The maximum atomic E-state index is 11.4. The topological polar surface area (TPSA) is 41.5 Å². The molecule has 0 radical (unpaired) electrons. The summed E-state index contributed by atoms with van der Waals surface area (Å²) in [6.07, 6.45) is 12.6. The number of rotatable bonds is 8. The van der Waals surface area contributed by atoms with E-state index >= 15 is 0 Å². The summed E-state index contributed by atoms with van der Waals surface area (Å²) in [6.45, 7) is 7.35. The van der Waals surface area contributed by atoms with E-state index in [2.05, 4.69) is 42.9 Å². The van der Waals surface area contributed by atoms with E-state index in [1.54, 1.807) is 6.08 Å². The third-order valence-corrected chi connectivity index (χ3v) is 2.55. The Balaban J connectivity index is 4.14. The molecule has 0 aromatic heterocycles. The standard InChI is InChI=1S/C15H24N2OS/c1-4-11-16-12-7-9-13(3)8-6-10-14(19)15(18)17-5-2/h6-11,13,19H,4-5,12H2,1-3H3,(H,17,18)/b8-6+,9-7-,14-10-,16-11?. The van der Waals surface area contributed by atoms with Crippen LogP contribution >= 0.6 is 12.6 Å². The van der Waals surface area contributed by atoms with Crippen LogP contribution < -0.4 is 5.32 Å². The lowest BCUT2D eigenvalue weighted by molar-refractivity contribution is -0.116. The highest BCUT2D eigenvalue weighted by atomic mass is 32.1. The van der Waals surface area contributed by atoms with Gasteiger partial charge in [-0.2, -0.15) is 0 Å². The highest BCUT2D eigenvalue weighted by Crippen LogP contribution is 2.04. The second kappa shape index (κ2) is 11.8. The molecule has 0 aliphatic heterocycles. The van der Waals surface area contributed by atoms with Crippen LogP contribution in [0.3, 0.4) is 0 Å². The van der Waals surface area contributed by atoms with Gasteiger partial charge in [0.05, 0.1) is 11.4 Å². The zero-order valence-electron chi connectivity index (χ0n) is 12.0. The predicted octanol–water partition coefficient (Wildman–Crippen LogP) is 3.17. The number of nitrogens with zero attached hydrogens (tertiary/aromatic N) is 1. The van der Waals surface area contributed by atoms with Crippen molar-refractivity contribution in [1.82, 2.24) is 5.32 Å². The molecule has 0 rings (SSSR count). The number of nitrogens with one attached hydrogen (secondary N) is 1. The second-order valence-electron chi connectivity index (χ2n) is 4.04. The summed E-state index contributed by atoms with van der Waals surface area (Å²) < 4.78 is 0. The lowest BCUT2D eigenvalue weighted by Crippen LogP contribution is -2.22. The van der Waals surface area contributed by atoms with Crippen LogP contribution in [0.5, 0.6) is 0 Å². The monoisotopic (exact) mass is 280 g/mol. The lowest BCUT2D eigenvalue weighted by Gasteiger charge is -1.99. The molecule has 0 spiro atoms. The highest BCUT2D eigenvalue weighted by Gasteiger charge is 2.00. The van der Waals surface area contributed by atoms with Crippen molar-refractivity contribution in [1.29, 1.82) is 0 Å². The van der Waals surface area contributed by atoms with E-state index in [9.17, 15) is 4.79 Å². The quantitative estimate of drug-likeness (QED) is 0.232. The van der Waals surface area contributed by atoms with Gasteiger partial charge in [-0.15, -0.1) is 12.6 Å². The molecule has 0 aromatic rings. The minimum absolute atomic E-state index is 0.146. The molecule has 3 nitrogen and oxygen atoms in total. The third kappa shape index (κ3) is 10.3. The molecule has 1 amide bonds. The van der Waals surface area contributed by atoms with Crippen molar-refractivity contribution >= 4 is 24.8 Å². The van der Waals surface area contributed by atoms with Crippen molar-refractivity contribution in [2.75, 3.05) is 13.1 Å². The van der Waals surface area contributed by atoms with Gasteiger partial charge < -0.3 is 5.32 Å². The van der Waals surface area contributed by atoms with E-state index in [4.69, 9.17) is 0 Å². The largest absolute Gasteiger partial charge is 0.352 e. The van der Waals surface area contributed by atoms with Gasteiger partial charge >= 0.3 is 0 Å². The maximum Gasteiger partial charge on any atom is 0.257 e. The summed E-state index contributed by atoms with van der Waals surface area (Å²) in [4.78, 5) is 16.0. The van der Waals surface area contributed by atoms with Gasteiger partial charge in [-0.1, -0.05) is 38.2 Å². The van der Waals surface area contributed by atoms with Crippen molar-refractivity contribution in [2.24, 2.45) is 10.9 Å². The molecule has 0 aromatic carbocycles. The summed E-state index contributed by atoms with van der Waals surface area (Å²) in [5.41, 5.74) is 0. The van der Waals surface area contributed by atoms with E-state index in [-0.39, 0.29) is 5.91 Å². The van der Waals surface area contributed by atoms with E-state index in [1.165, 1.54) is 0 Å². The molecule has 0 fully saturated rings. The van der Waals surface area contributed by atoms with Crippen LogP contribution in [0, 0.1) is 5.92 Å². The Morgan fingerprint density at radius 1 is 1.37 bits per heavy atom. The molecule has 0 heterocycles. The predicted molar refractivity (Wildman–Crippen MR) is 86.8 cm³/mol. The van der Waals surface area contributed by atoms with Crippen molar-refractivity contribution in [3.05, 3.63) is 35.3 Å². The number of carbonyl (C=O) groups is 1. The minimum Gasteiger partial charge on any atom is -0.352 e. The van der Waals surface area contributed by atoms with Crippen LogP contribution in [0.2, 0.25) is 0 Å². The number of aliphatic imine (C=N–C) groups is 1. The van der Waals surface area contributed by atoms with Gasteiger partial charge in [0.2, 0.25) is 0 Å². The first-order chi connectivity index (χ1) is 9.11. The van der Waals surface area contributed by atoms with Crippen LogP contribution in [-0.2, 0) is 4.79 Å². The van der Waals surface area contributed by atoms with Gasteiger partial charge in [0.15, 0.2) is 0 Å². The normalized spacial score (nSPS) is 14.6. The van der Waals surface area contributed by atoms with E-state index in [1.807, 2.05) is 31.4 Å². The minimum atomic E-state index is -0.146. The smallest absolute Gasteiger partial charge is 0.257 e. The van der Waals surface area contributed by atoms with Crippen LogP contribution in [0.1, 0.15) is 27.2 Å². The van der Waals surface area contributed by atoms with E-state index in [0.29, 0.717) is 17.4 Å². The summed E-state index contributed by atoms with van der Waals surface area (Å²) in [5.74, 6) is 0.163. The van der Waals surface area contributed by atoms with Crippen molar-refractivity contribution in [3.8, 4) is 0 Å². The molecule has 0 aliphatic rings. The van der Waals surface area contributed by atoms with Crippen molar-refractivity contribution in [2.45, 2.75) is 27.2 Å². The molecule has 106 valence electrons. The molecule has 0 saturated carbocycles. The molecule has 4 heteroatoms. The van der Waals surface area contributed by atoms with Gasteiger partial charge in [-0.05, 0) is 31.6 Å². The molecule has 0 bridgehead atoms. The second-order valence-corrected chi connectivity index (χ2v) is 4.52. The summed E-state index contributed by atoms with van der Waals surface area (Å²) in [7, 11) is 0. The number of carbonyl (C=O) groups excluding carboxylic acids is 1. The molecule has 1 unspecified atom stereocenters. The Morgan fingerprint density at radius 2 is 2.11 bits per heavy atom. The molecular formula is C15H24N2OS. The first-order valence-electron chi connectivity index (χ1n) is 6.62. The third-order valence-electron chi connectivity index (χ3n) is 2.20. The van der Waals surface area contributed by atoms with Crippen LogP contribution in [0.15, 0.2) is 40.3 Å². The number of allylic oxidation sites excluding steroid dienone is 4. The Bertz CT molecular complexity index is 370. The van der Waals surface area contributed by atoms with Gasteiger partial charge in [0.1, 0.15) is 0 Å². The summed E-state index contributed by atoms with van der Waals surface area (Å²) in [5, 5.41) is 2.69. The average molecular weight is 280 g/mol. The Morgan fingerprint density at radius 3 is 2.74 bits per heavy atom. The fourth-order valence-corrected chi connectivity index (χ4v) is 1.42. The number of hydrogen-bond donors (Lipinski definition) is 2. The number of likely N-dealkylation sites (N-methyl/N-ethyl adjacent to an activating group) is 1. The number of amides is 1. The van der Waals surface area contributed by atoms with E-state index in [0.717, 1.165) is 13.0 Å². The molecular weight excluding hydrogens is 256 g/mol.